The van der Waals surface area contributed by atoms with Crippen LogP contribution in [0.1, 0.15) is 5.56 Å². The second kappa shape index (κ2) is 4.09. The molecule has 1 aromatic rings. The highest BCUT2D eigenvalue weighted by Crippen LogP contribution is 2.27. The first-order chi connectivity index (χ1) is 6.96. The SMILES string of the molecule is COc1ccc(OC(F)(F)F)cc1C#N. The van der Waals surface area contributed by atoms with Gasteiger partial charge < -0.3 is 9.47 Å². The molecule has 80 valence electrons. The van der Waals surface area contributed by atoms with Gasteiger partial charge in [0.15, 0.2) is 0 Å². The number of nitriles is 1. The van der Waals surface area contributed by atoms with Crippen LogP contribution in [0.15, 0.2) is 18.2 Å². The molecule has 1 aromatic carbocycles. The molecule has 0 heterocycles. The molecule has 0 amide bonds. The smallest absolute Gasteiger partial charge is 0.495 e. The van der Waals surface area contributed by atoms with Crippen LogP contribution in [0.2, 0.25) is 0 Å². The lowest BCUT2D eigenvalue weighted by molar-refractivity contribution is -0.274. The van der Waals surface area contributed by atoms with Crippen molar-refractivity contribution < 1.29 is 22.6 Å². The van der Waals surface area contributed by atoms with E-state index >= 15 is 0 Å². The number of hydrogen-bond donors (Lipinski definition) is 0. The molecule has 1 rings (SSSR count). The summed E-state index contributed by atoms with van der Waals surface area (Å²) in [5.41, 5.74) is -0.0146. The van der Waals surface area contributed by atoms with Gasteiger partial charge in [0, 0.05) is 6.07 Å². The maximum absolute atomic E-state index is 11.8. The van der Waals surface area contributed by atoms with Crippen molar-refractivity contribution in [3.05, 3.63) is 23.8 Å². The molecule has 0 saturated heterocycles. The topological polar surface area (TPSA) is 42.2 Å². The van der Waals surface area contributed by atoms with Crippen LogP contribution in [0.5, 0.6) is 11.5 Å². The van der Waals surface area contributed by atoms with E-state index in [-0.39, 0.29) is 11.3 Å². The first-order valence-electron chi connectivity index (χ1n) is 3.80. The van der Waals surface area contributed by atoms with Crippen molar-refractivity contribution in [2.75, 3.05) is 7.11 Å². The predicted octanol–water partition coefficient (Wildman–Crippen LogP) is 2.47. The lowest BCUT2D eigenvalue weighted by Crippen LogP contribution is -2.17. The molecule has 0 spiro atoms. The number of benzene rings is 1. The van der Waals surface area contributed by atoms with Gasteiger partial charge >= 0.3 is 6.36 Å². The molecule has 6 heteroatoms. The fraction of sp³-hybridized carbons (Fsp3) is 0.222. The number of halogens is 3. The summed E-state index contributed by atoms with van der Waals surface area (Å²) in [7, 11) is 1.32. The fourth-order valence-corrected chi connectivity index (χ4v) is 0.972. The Kier molecular flexibility index (Phi) is 3.04. The number of alkyl halides is 3. The lowest BCUT2D eigenvalue weighted by Gasteiger charge is -2.09. The monoisotopic (exact) mass is 217 g/mol. The zero-order chi connectivity index (χ0) is 11.5. The Balaban J connectivity index is 3.00. The van der Waals surface area contributed by atoms with Crippen LogP contribution in [0.25, 0.3) is 0 Å². The minimum absolute atomic E-state index is 0.0146. The first kappa shape index (κ1) is 11.2. The third kappa shape index (κ3) is 3.06. The summed E-state index contributed by atoms with van der Waals surface area (Å²) >= 11 is 0. The van der Waals surface area contributed by atoms with E-state index in [0.29, 0.717) is 0 Å². The van der Waals surface area contributed by atoms with E-state index in [1.165, 1.54) is 13.2 Å². The van der Waals surface area contributed by atoms with Crippen molar-refractivity contribution in [3.8, 4) is 17.6 Å². The Bertz CT molecular complexity index is 395. The van der Waals surface area contributed by atoms with Gasteiger partial charge in [-0.1, -0.05) is 0 Å². The van der Waals surface area contributed by atoms with E-state index in [2.05, 4.69) is 4.74 Å². The van der Waals surface area contributed by atoms with Crippen LogP contribution in [-0.2, 0) is 0 Å². The molecule has 0 aromatic heterocycles. The lowest BCUT2D eigenvalue weighted by atomic mass is 10.2. The van der Waals surface area contributed by atoms with Crippen LogP contribution in [0.3, 0.4) is 0 Å². The number of hydrogen-bond acceptors (Lipinski definition) is 3. The Morgan fingerprint density at radius 1 is 1.33 bits per heavy atom. The Morgan fingerprint density at radius 3 is 2.47 bits per heavy atom. The predicted molar refractivity (Wildman–Crippen MR) is 44.4 cm³/mol. The fourth-order valence-electron chi connectivity index (χ4n) is 0.972. The highest BCUT2D eigenvalue weighted by molar-refractivity contribution is 5.47. The Morgan fingerprint density at radius 2 is 2.00 bits per heavy atom. The molecule has 0 aliphatic rings. The van der Waals surface area contributed by atoms with Gasteiger partial charge in [-0.15, -0.1) is 13.2 Å². The molecule has 0 bridgehead atoms. The van der Waals surface area contributed by atoms with Gasteiger partial charge in [-0.05, 0) is 12.1 Å². The summed E-state index contributed by atoms with van der Waals surface area (Å²) in [4.78, 5) is 0. The van der Waals surface area contributed by atoms with Crippen molar-refractivity contribution in [3.63, 3.8) is 0 Å². The molecular formula is C9H6F3NO2. The minimum Gasteiger partial charge on any atom is -0.495 e. The molecule has 15 heavy (non-hydrogen) atoms. The van der Waals surface area contributed by atoms with E-state index in [0.717, 1.165) is 12.1 Å². The largest absolute Gasteiger partial charge is 0.573 e. The van der Waals surface area contributed by atoms with Crippen molar-refractivity contribution in [2.24, 2.45) is 0 Å². The van der Waals surface area contributed by atoms with E-state index < -0.39 is 12.1 Å². The van der Waals surface area contributed by atoms with Crippen LogP contribution < -0.4 is 9.47 Å². The third-order valence-electron chi connectivity index (χ3n) is 1.52. The van der Waals surface area contributed by atoms with Gasteiger partial charge in [0.1, 0.15) is 17.6 Å². The molecule has 0 unspecified atom stereocenters. The quantitative estimate of drug-likeness (QED) is 0.764. The van der Waals surface area contributed by atoms with Crippen LogP contribution in [-0.4, -0.2) is 13.5 Å². The van der Waals surface area contributed by atoms with Gasteiger partial charge in [-0.25, -0.2) is 0 Å². The van der Waals surface area contributed by atoms with Gasteiger partial charge in [0.2, 0.25) is 0 Å². The first-order valence-corrected chi connectivity index (χ1v) is 3.80. The van der Waals surface area contributed by atoms with Crippen LogP contribution in [0.4, 0.5) is 13.2 Å². The summed E-state index contributed by atoms with van der Waals surface area (Å²) in [6, 6.07) is 4.98. The Labute approximate surface area is 83.6 Å². The molecule has 0 aliphatic heterocycles. The number of methoxy groups -OCH3 is 1. The summed E-state index contributed by atoms with van der Waals surface area (Å²) in [6.45, 7) is 0. The van der Waals surface area contributed by atoms with Gasteiger partial charge in [-0.2, -0.15) is 5.26 Å². The summed E-state index contributed by atoms with van der Waals surface area (Å²) in [5.74, 6) is -0.244. The molecule has 0 N–H and O–H groups in total. The maximum Gasteiger partial charge on any atom is 0.573 e. The third-order valence-corrected chi connectivity index (χ3v) is 1.52. The van der Waals surface area contributed by atoms with Gasteiger partial charge in [0.25, 0.3) is 0 Å². The van der Waals surface area contributed by atoms with Crippen molar-refractivity contribution >= 4 is 0 Å². The molecule has 0 fully saturated rings. The summed E-state index contributed by atoms with van der Waals surface area (Å²) in [5, 5.41) is 8.61. The zero-order valence-electron chi connectivity index (χ0n) is 7.63. The van der Waals surface area contributed by atoms with Crippen molar-refractivity contribution in [1.29, 1.82) is 5.26 Å². The standard InChI is InChI=1S/C9H6F3NO2/c1-14-8-3-2-7(4-6(8)5-13)15-9(10,11)12/h2-4H,1H3. The van der Waals surface area contributed by atoms with E-state index in [4.69, 9.17) is 10.00 Å². The normalized spacial score (nSPS) is 10.6. The molecular weight excluding hydrogens is 211 g/mol. The maximum atomic E-state index is 11.8. The van der Waals surface area contributed by atoms with Gasteiger partial charge in [-0.3, -0.25) is 0 Å². The average Bonchev–Trinajstić information content (AvgIpc) is 2.15. The Hall–Kier alpha value is -1.90. The number of ether oxygens (including phenoxy) is 2. The highest BCUT2D eigenvalue weighted by Gasteiger charge is 2.31. The molecule has 0 atom stereocenters. The second-order valence-electron chi connectivity index (χ2n) is 2.52. The van der Waals surface area contributed by atoms with E-state index in [9.17, 15) is 13.2 Å². The second-order valence-corrected chi connectivity index (χ2v) is 2.52. The van der Waals surface area contributed by atoms with Crippen LogP contribution >= 0.6 is 0 Å². The van der Waals surface area contributed by atoms with E-state index in [1.807, 2.05) is 0 Å². The molecule has 0 aliphatic carbocycles. The van der Waals surface area contributed by atoms with Crippen molar-refractivity contribution in [2.45, 2.75) is 6.36 Å². The van der Waals surface area contributed by atoms with Crippen LogP contribution in [0, 0.1) is 11.3 Å². The minimum atomic E-state index is -4.76. The molecule has 3 nitrogen and oxygen atoms in total. The number of rotatable bonds is 2. The summed E-state index contributed by atoms with van der Waals surface area (Å²) < 4.78 is 43.9. The van der Waals surface area contributed by atoms with Gasteiger partial charge in [0.05, 0.1) is 12.7 Å². The van der Waals surface area contributed by atoms with E-state index in [1.54, 1.807) is 6.07 Å². The average molecular weight is 217 g/mol. The highest BCUT2D eigenvalue weighted by atomic mass is 19.4. The summed E-state index contributed by atoms with van der Waals surface area (Å²) in [6.07, 6.45) is -4.76. The zero-order valence-corrected chi connectivity index (χ0v) is 7.63. The molecule has 0 radical (unpaired) electrons. The number of nitrogens with zero attached hydrogens (tertiary/aromatic N) is 1. The molecule has 0 saturated carbocycles. The van der Waals surface area contributed by atoms with Crippen molar-refractivity contribution in [1.82, 2.24) is 0 Å².